The molecule has 0 atom stereocenters. The molecule has 1 N–H and O–H groups in total. The van der Waals surface area contributed by atoms with Gasteiger partial charge in [-0.25, -0.2) is 0 Å². The minimum absolute atomic E-state index is 0.391. The van der Waals surface area contributed by atoms with Gasteiger partial charge in [0.1, 0.15) is 5.75 Å². The number of rotatable bonds is 3. The molecule has 1 rings (SSSR count). The van der Waals surface area contributed by atoms with Crippen LogP contribution in [0.5, 0.6) is 5.75 Å². The van der Waals surface area contributed by atoms with Crippen molar-refractivity contribution in [2.24, 2.45) is 0 Å². The Hall–Kier alpha value is -1.02. The largest absolute Gasteiger partial charge is 0.496 e. The van der Waals surface area contributed by atoms with Gasteiger partial charge in [0.15, 0.2) is 0 Å². The highest BCUT2D eigenvalue weighted by Gasteiger charge is 2.23. The minimum atomic E-state index is -0.865. The number of hydrogen-bond acceptors (Lipinski definition) is 2. The van der Waals surface area contributed by atoms with Crippen LogP contribution >= 0.6 is 0 Å². The normalized spacial score (nSPS) is 11.9. The van der Waals surface area contributed by atoms with E-state index in [1.807, 2.05) is 18.2 Å². The Morgan fingerprint density at radius 1 is 1.27 bits per heavy atom. The van der Waals surface area contributed by atoms with Gasteiger partial charge in [0.25, 0.3) is 0 Å². The average molecular weight is 208 g/mol. The minimum Gasteiger partial charge on any atom is -0.496 e. The fraction of sp³-hybridized carbons (Fsp3) is 0.538. The van der Waals surface area contributed by atoms with E-state index < -0.39 is 5.60 Å². The number of hydrogen-bond donors (Lipinski definition) is 1. The fourth-order valence-corrected chi connectivity index (χ4v) is 1.72. The van der Waals surface area contributed by atoms with Crippen molar-refractivity contribution in [3.8, 4) is 5.75 Å². The molecule has 2 nitrogen and oxygen atoms in total. The van der Waals surface area contributed by atoms with Crippen LogP contribution in [0, 0.1) is 0 Å². The molecule has 0 aromatic heterocycles. The molecule has 1 aromatic carbocycles. The van der Waals surface area contributed by atoms with Gasteiger partial charge in [0.05, 0.1) is 12.7 Å². The van der Waals surface area contributed by atoms with Gasteiger partial charge in [0, 0.05) is 5.56 Å². The first-order valence-corrected chi connectivity index (χ1v) is 5.27. The lowest BCUT2D eigenvalue weighted by molar-refractivity contribution is 0.0754. The van der Waals surface area contributed by atoms with Crippen molar-refractivity contribution in [2.75, 3.05) is 7.11 Å². The molecule has 15 heavy (non-hydrogen) atoms. The van der Waals surface area contributed by atoms with E-state index in [-0.39, 0.29) is 0 Å². The Balaban J connectivity index is 3.35. The molecule has 0 bridgehead atoms. The average Bonchev–Trinajstić information content (AvgIpc) is 2.15. The van der Waals surface area contributed by atoms with Gasteiger partial charge < -0.3 is 9.84 Å². The summed E-state index contributed by atoms with van der Waals surface area (Å²) < 4.78 is 5.40. The molecule has 84 valence electrons. The van der Waals surface area contributed by atoms with Gasteiger partial charge in [-0.15, -0.1) is 0 Å². The third-order valence-electron chi connectivity index (χ3n) is 2.53. The van der Waals surface area contributed by atoms with E-state index in [4.69, 9.17) is 4.74 Å². The summed E-state index contributed by atoms with van der Waals surface area (Å²) in [7, 11) is 1.65. The maximum absolute atomic E-state index is 10.0. The molecule has 0 fully saturated rings. The van der Waals surface area contributed by atoms with Crippen molar-refractivity contribution in [3.63, 3.8) is 0 Å². The Morgan fingerprint density at radius 3 is 2.27 bits per heavy atom. The third kappa shape index (κ3) is 2.51. The lowest BCUT2D eigenvalue weighted by Gasteiger charge is -2.23. The zero-order valence-electron chi connectivity index (χ0n) is 10.2. The monoisotopic (exact) mass is 208 g/mol. The molecule has 1 aromatic rings. The van der Waals surface area contributed by atoms with Crippen LogP contribution in [-0.4, -0.2) is 12.2 Å². The molecule has 0 unspecified atom stereocenters. The highest BCUT2D eigenvalue weighted by Crippen LogP contribution is 2.35. The zero-order chi connectivity index (χ0) is 11.6. The highest BCUT2D eigenvalue weighted by molar-refractivity contribution is 5.45. The fourth-order valence-electron chi connectivity index (χ4n) is 1.72. The SMILES string of the molecule is COc1c(C(C)C)cccc1C(C)(C)O. The number of ether oxygens (including phenoxy) is 1. The number of benzene rings is 1. The Bertz CT molecular complexity index is 335. The molecular formula is C13H20O2. The maximum atomic E-state index is 10.0. The summed E-state index contributed by atoms with van der Waals surface area (Å²) in [5.74, 6) is 1.20. The predicted octanol–water partition coefficient (Wildman–Crippen LogP) is 3.05. The maximum Gasteiger partial charge on any atom is 0.128 e. The number of para-hydroxylation sites is 1. The summed E-state index contributed by atoms with van der Waals surface area (Å²) in [6.45, 7) is 7.78. The standard InChI is InChI=1S/C13H20O2/c1-9(2)10-7-6-8-11(12(10)15-5)13(3,4)14/h6-9,14H,1-5H3. The van der Waals surface area contributed by atoms with Crippen molar-refractivity contribution in [1.29, 1.82) is 0 Å². The summed E-state index contributed by atoms with van der Waals surface area (Å²) in [6.07, 6.45) is 0. The topological polar surface area (TPSA) is 29.5 Å². The number of aliphatic hydroxyl groups is 1. The zero-order valence-corrected chi connectivity index (χ0v) is 10.2. The van der Waals surface area contributed by atoms with Crippen molar-refractivity contribution in [1.82, 2.24) is 0 Å². The lowest BCUT2D eigenvalue weighted by atomic mass is 9.91. The van der Waals surface area contributed by atoms with E-state index >= 15 is 0 Å². The molecule has 0 spiro atoms. The van der Waals surface area contributed by atoms with Gasteiger partial charge in [0.2, 0.25) is 0 Å². The van der Waals surface area contributed by atoms with E-state index in [1.54, 1.807) is 21.0 Å². The molecule has 2 heteroatoms. The van der Waals surface area contributed by atoms with Crippen LogP contribution in [0.15, 0.2) is 18.2 Å². The molecule has 0 aliphatic heterocycles. The van der Waals surface area contributed by atoms with Crippen LogP contribution in [0.3, 0.4) is 0 Å². The molecule has 0 amide bonds. The first-order valence-electron chi connectivity index (χ1n) is 5.27. The van der Waals surface area contributed by atoms with Crippen molar-refractivity contribution >= 4 is 0 Å². The summed E-state index contributed by atoms with van der Waals surface area (Å²) in [4.78, 5) is 0. The molecule has 0 saturated heterocycles. The van der Waals surface area contributed by atoms with Crippen molar-refractivity contribution in [3.05, 3.63) is 29.3 Å². The summed E-state index contributed by atoms with van der Waals surface area (Å²) >= 11 is 0. The molecule has 0 aliphatic carbocycles. The van der Waals surface area contributed by atoms with E-state index in [2.05, 4.69) is 13.8 Å². The van der Waals surface area contributed by atoms with E-state index in [9.17, 15) is 5.11 Å². The lowest BCUT2D eigenvalue weighted by Crippen LogP contribution is -2.17. The van der Waals surface area contributed by atoms with Crippen LogP contribution < -0.4 is 4.74 Å². The van der Waals surface area contributed by atoms with Crippen LogP contribution in [0.2, 0.25) is 0 Å². The Kier molecular flexibility index (Phi) is 3.40. The summed E-state index contributed by atoms with van der Waals surface area (Å²) in [5, 5.41) is 10.0. The second-order valence-electron chi connectivity index (χ2n) is 4.64. The smallest absolute Gasteiger partial charge is 0.128 e. The third-order valence-corrected chi connectivity index (χ3v) is 2.53. The van der Waals surface area contributed by atoms with Gasteiger partial charge >= 0.3 is 0 Å². The molecular weight excluding hydrogens is 188 g/mol. The first kappa shape index (κ1) is 12.1. The second-order valence-corrected chi connectivity index (χ2v) is 4.64. The van der Waals surface area contributed by atoms with E-state index in [0.717, 1.165) is 16.9 Å². The van der Waals surface area contributed by atoms with Crippen LogP contribution in [0.25, 0.3) is 0 Å². The quantitative estimate of drug-likeness (QED) is 0.827. The van der Waals surface area contributed by atoms with Gasteiger partial charge in [-0.2, -0.15) is 0 Å². The molecule has 0 aliphatic rings. The molecule has 0 radical (unpaired) electrons. The summed E-state index contributed by atoms with van der Waals surface area (Å²) in [6, 6.07) is 5.91. The van der Waals surface area contributed by atoms with Crippen molar-refractivity contribution < 1.29 is 9.84 Å². The Morgan fingerprint density at radius 2 is 1.87 bits per heavy atom. The molecule has 0 heterocycles. The van der Waals surface area contributed by atoms with Crippen LogP contribution in [-0.2, 0) is 5.60 Å². The second kappa shape index (κ2) is 4.23. The highest BCUT2D eigenvalue weighted by atomic mass is 16.5. The van der Waals surface area contributed by atoms with Gasteiger partial charge in [-0.3, -0.25) is 0 Å². The first-order chi connectivity index (χ1) is 6.88. The van der Waals surface area contributed by atoms with Crippen LogP contribution in [0.1, 0.15) is 44.7 Å². The van der Waals surface area contributed by atoms with Gasteiger partial charge in [-0.05, 0) is 25.3 Å². The predicted molar refractivity (Wildman–Crippen MR) is 62.3 cm³/mol. The van der Waals surface area contributed by atoms with Crippen molar-refractivity contribution in [2.45, 2.75) is 39.2 Å². The summed E-state index contributed by atoms with van der Waals surface area (Å²) in [5.41, 5.74) is 1.12. The Labute approximate surface area is 91.9 Å². The van der Waals surface area contributed by atoms with E-state index in [0.29, 0.717) is 5.92 Å². The number of methoxy groups -OCH3 is 1. The molecule has 0 saturated carbocycles. The van der Waals surface area contributed by atoms with E-state index in [1.165, 1.54) is 0 Å². The van der Waals surface area contributed by atoms with Gasteiger partial charge in [-0.1, -0.05) is 32.0 Å². The van der Waals surface area contributed by atoms with Crippen LogP contribution in [0.4, 0.5) is 0 Å².